The molecule has 0 aromatic heterocycles. The van der Waals surface area contributed by atoms with Gasteiger partial charge in [0.1, 0.15) is 0 Å². The summed E-state index contributed by atoms with van der Waals surface area (Å²) in [6, 6.07) is 9.14. The Labute approximate surface area is 114 Å². The van der Waals surface area contributed by atoms with E-state index in [-0.39, 0.29) is 17.4 Å². The molecule has 0 saturated heterocycles. The quantitative estimate of drug-likeness (QED) is 0.883. The van der Waals surface area contributed by atoms with E-state index in [9.17, 15) is 4.79 Å². The Bertz CT molecular complexity index is 514. The number of nitriles is 1. The van der Waals surface area contributed by atoms with Gasteiger partial charge in [-0.25, -0.2) is 0 Å². The summed E-state index contributed by atoms with van der Waals surface area (Å²) >= 11 is 0. The minimum absolute atomic E-state index is 0.0722. The van der Waals surface area contributed by atoms with Crippen LogP contribution in [0.25, 0.3) is 0 Å². The SMILES string of the molecule is CC1(C)CCCCC1NC(=O)c1cccc(C#N)c1. The van der Waals surface area contributed by atoms with E-state index in [1.165, 1.54) is 12.8 Å². The van der Waals surface area contributed by atoms with E-state index in [0.717, 1.165) is 12.8 Å². The van der Waals surface area contributed by atoms with Crippen molar-refractivity contribution in [3.05, 3.63) is 35.4 Å². The van der Waals surface area contributed by atoms with Crippen LogP contribution in [0.1, 0.15) is 55.5 Å². The number of amides is 1. The number of hydrogen-bond donors (Lipinski definition) is 1. The van der Waals surface area contributed by atoms with Gasteiger partial charge in [0.15, 0.2) is 0 Å². The first-order valence-electron chi connectivity index (χ1n) is 6.84. The van der Waals surface area contributed by atoms with E-state index >= 15 is 0 Å². The summed E-state index contributed by atoms with van der Waals surface area (Å²) in [5.41, 5.74) is 1.25. The summed E-state index contributed by atoms with van der Waals surface area (Å²) in [4.78, 5) is 12.2. The number of nitrogens with zero attached hydrogens (tertiary/aromatic N) is 1. The van der Waals surface area contributed by atoms with Gasteiger partial charge in [0, 0.05) is 11.6 Å². The van der Waals surface area contributed by atoms with Crippen molar-refractivity contribution >= 4 is 5.91 Å². The maximum Gasteiger partial charge on any atom is 0.251 e. The zero-order valence-electron chi connectivity index (χ0n) is 11.6. The van der Waals surface area contributed by atoms with Crippen molar-refractivity contribution in [3.8, 4) is 6.07 Å². The molecular formula is C16H20N2O. The van der Waals surface area contributed by atoms with Crippen molar-refractivity contribution in [2.24, 2.45) is 5.41 Å². The van der Waals surface area contributed by atoms with Crippen molar-refractivity contribution in [2.45, 2.75) is 45.6 Å². The minimum Gasteiger partial charge on any atom is -0.349 e. The van der Waals surface area contributed by atoms with Crippen LogP contribution in [0.4, 0.5) is 0 Å². The summed E-state index contributed by atoms with van der Waals surface area (Å²) in [7, 11) is 0. The average molecular weight is 256 g/mol. The smallest absolute Gasteiger partial charge is 0.251 e. The van der Waals surface area contributed by atoms with E-state index in [1.54, 1.807) is 24.3 Å². The van der Waals surface area contributed by atoms with Crippen molar-refractivity contribution in [2.75, 3.05) is 0 Å². The third-order valence-electron chi connectivity index (χ3n) is 4.07. The largest absolute Gasteiger partial charge is 0.349 e. The molecule has 0 radical (unpaired) electrons. The fraction of sp³-hybridized carbons (Fsp3) is 0.500. The van der Waals surface area contributed by atoms with Crippen molar-refractivity contribution in [3.63, 3.8) is 0 Å². The zero-order valence-corrected chi connectivity index (χ0v) is 11.6. The summed E-state index contributed by atoms with van der Waals surface area (Å²) < 4.78 is 0. The van der Waals surface area contributed by atoms with Crippen LogP contribution in [-0.2, 0) is 0 Å². The second-order valence-corrected chi connectivity index (χ2v) is 5.95. The Hall–Kier alpha value is -1.82. The summed E-state index contributed by atoms with van der Waals surface area (Å²) in [5.74, 6) is -0.0722. The normalized spacial score (nSPS) is 21.4. The highest BCUT2D eigenvalue weighted by molar-refractivity contribution is 5.94. The molecule has 0 aliphatic heterocycles. The molecule has 1 aliphatic carbocycles. The number of benzene rings is 1. The molecule has 3 nitrogen and oxygen atoms in total. The number of carbonyl (C=O) groups is 1. The zero-order chi connectivity index (χ0) is 13.9. The first kappa shape index (κ1) is 13.6. The van der Waals surface area contributed by atoms with Gasteiger partial charge >= 0.3 is 0 Å². The average Bonchev–Trinajstić information content (AvgIpc) is 2.41. The van der Waals surface area contributed by atoms with Gasteiger partial charge in [-0.15, -0.1) is 0 Å². The molecule has 2 rings (SSSR count). The second kappa shape index (κ2) is 5.44. The number of carbonyl (C=O) groups excluding carboxylic acids is 1. The van der Waals surface area contributed by atoms with E-state index < -0.39 is 0 Å². The Kier molecular flexibility index (Phi) is 3.90. The lowest BCUT2D eigenvalue weighted by Crippen LogP contribution is -2.46. The highest BCUT2D eigenvalue weighted by Gasteiger charge is 2.33. The van der Waals surface area contributed by atoms with Crippen LogP contribution in [0, 0.1) is 16.7 Å². The van der Waals surface area contributed by atoms with Crippen LogP contribution in [0.15, 0.2) is 24.3 Å². The molecule has 1 aromatic carbocycles. The molecule has 1 aliphatic rings. The molecule has 1 fully saturated rings. The summed E-state index contributed by atoms with van der Waals surface area (Å²) in [6.45, 7) is 4.42. The van der Waals surface area contributed by atoms with Gasteiger partial charge in [-0.2, -0.15) is 5.26 Å². The Morgan fingerprint density at radius 2 is 2.21 bits per heavy atom. The van der Waals surface area contributed by atoms with Gasteiger partial charge in [-0.3, -0.25) is 4.79 Å². The molecular weight excluding hydrogens is 236 g/mol. The third kappa shape index (κ3) is 3.14. The molecule has 0 spiro atoms. The number of hydrogen-bond acceptors (Lipinski definition) is 2. The van der Waals surface area contributed by atoms with Crippen molar-refractivity contribution < 1.29 is 4.79 Å². The Balaban J connectivity index is 2.10. The predicted molar refractivity (Wildman–Crippen MR) is 74.7 cm³/mol. The van der Waals surface area contributed by atoms with Gasteiger partial charge in [-0.1, -0.05) is 32.8 Å². The predicted octanol–water partition coefficient (Wildman–Crippen LogP) is 3.26. The van der Waals surface area contributed by atoms with Crippen molar-refractivity contribution in [1.82, 2.24) is 5.32 Å². The lowest BCUT2D eigenvalue weighted by atomic mass is 9.73. The van der Waals surface area contributed by atoms with Crippen LogP contribution < -0.4 is 5.32 Å². The first-order chi connectivity index (χ1) is 9.03. The lowest BCUT2D eigenvalue weighted by Gasteiger charge is -2.39. The van der Waals surface area contributed by atoms with E-state index in [1.807, 2.05) is 0 Å². The molecule has 3 heteroatoms. The molecule has 1 aromatic rings. The monoisotopic (exact) mass is 256 g/mol. The number of nitrogens with one attached hydrogen (secondary N) is 1. The third-order valence-corrected chi connectivity index (χ3v) is 4.07. The van der Waals surface area contributed by atoms with Gasteiger partial charge in [0.05, 0.1) is 11.6 Å². The maximum atomic E-state index is 12.2. The topological polar surface area (TPSA) is 52.9 Å². The standard InChI is InChI=1S/C16H20N2O/c1-16(2)9-4-3-8-14(16)18-15(19)13-7-5-6-12(10-13)11-17/h5-7,10,14H,3-4,8-9H2,1-2H3,(H,18,19). The molecule has 0 bridgehead atoms. The Morgan fingerprint density at radius 3 is 2.89 bits per heavy atom. The molecule has 1 unspecified atom stereocenters. The molecule has 1 N–H and O–H groups in total. The minimum atomic E-state index is -0.0722. The molecule has 1 amide bonds. The highest BCUT2D eigenvalue weighted by atomic mass is 16.1. The van der Waals surface area contributed by atoms with E-state index in [0.29, 0.717) is 11.1 Å². The molecule has 1 atom stereocenters. The van der Waals surface area contributed by atoms with Crippen molar-refractivity contribution in [1.29, 1.82) is 5.26 Å². The molecule has 19 heavy (non-hydrogen) atoms. The van der Waals surface area contributed by atoms with Crippen LogP contribution in [0.5, 0.6) is 0 Å². The van der Waals surface area contributed by atoms with Crippen LogP contribution in [0.3, 0.4) is 0 Å². The fourth-order valence-electron chi connectivity index (χ4n) is 2.73. The fourth-order valence-corrected chi connectivity index (χ4v) is 2.73. The molecule has 100 valence electrons. The summed E-state index contributed by atoms with van der Waals surface area (Å²) in [5, 5.41) is 12.0. The van der Waals surface area contributed by atoms with E-state index in [4.69, 9.17) is 5.26 Å². The van der Waals surface area contributed by atoms with Crippen LogP contribution in [0.2, 0.25) is 0 Å². The van der Waals surface area contributed by atoms with Gasteiger partial charge in [-0.05, 0) is 36.5 Å². The van der Waals surface area contributed by atoms with E-state index in [2.05, 4.69) is 25.2 Å². The summed E-state index contributed by atoms with van der Waals surface area (Å²) in [6.07, 6.45) is 4.60. The molecule has 1 saturated carbocycles. The lowest BCUT2D eigenvalue weighted by molar-refractivity contribution is 0.0853. The van der Waals surface area contributed by atoms with Crippen LogP contribution in [-0.4, -0.2) is 11.9 Å². The Morgan fingerprint density at radius 1 is 1.42 bits per heavy atom. The van der Waals surface area contributed by atoms with Gasteiger partial charge in [0.25, 0.3) is 5.91 Å². The van der Waals surface area contributed by atoms with Gasteiger partial charge in [0.2, 0.25) is 0 Å². The second-order valence-electron chi connectivity index (χ2n) is 5.95. The first-order valence-corrected chi connectivity index (χ1v) is 6.84. The van der Waals surface area contributed by atoms with Crippen LogP contribution >= 0.6 is 0 Å². The maximum absolute atomic E-state index is 12.2. The number of rotatable bonds is 2. The highest BCUT2D eigenvalue weighted by Crippen LogP contribution is 2.35. The van der Waals surface area contributed by atoms with Gasteiger partial charge < -0.3 is 5.32 Å². The molecule has 0 heterocycles.